The van der Waals surface area contributed by atoms with Gasteiger partial charge in [-0.2, -0.15) is 0 Å². The number of carbonyl (C=O) groups is 3. The second kappa shape index (κ2) is 6.21. The van der Waals surface area contributed by atoms with Gasteiger partial charge in [0.05, 0.1) is 24.9 Å². The minimum Gasteiger partial charge on any atom is -0.477 e. The lowest BCUT2D eigenvalue weighted by Crippen LogP contribution is -2.34. The summed E-state index contributed by atoms with van der Waals surface area (Å²) in [6, 6.07) is 2.41. The van der Waals surface area contributed by atoms with Crippen LogP contribution in [0.1, 0.15) is 16.9 Å². The molecule has 2 N–H and O–H groups in total. The van der Waals surface area contributed by atoms with Crippen LogP contribution in [0.25, 0.3) is 0 Å². The summed E-state index contributed by atoms with van der Waals surface area (Å²) in [6.07, 6.45) is 1.84. The Morgan fingerprint density at radius 2 is 2.19 bits per heavy atom. The van der Waals surface area contributed by atoms with Crippen molar-refractivity contribution in [2.45, 2.75) is 6.42 Å². The first kappa shape index (κ1) is 14.8. The highest BCUT2D eigenvalue weighted by molar-refractivity contribution is 5.91. The van der Waals surface area contributed by atoms with Gasteiger partial charge in [0, 0.05) is 13.1 Å². The lowest BCUT2D eigenvalue weighted by atomic mass is 10.1. The molecule has 2 amide bonds. The molecule has 2 rings (SSSR count). The third kappa shape index (κ3) is 3.47. The van der Waals surface area contributed by atoms with Gasteiger partial charge in [-0.3, -0.25) is 4.79 Å². The molecule has 1 fully saturated rings. The van der Waals surface area contributed by atoms with Crippen molar-refractivity contribution >= 4 is 23.7 Å². The molecule has 1 unspecified atom stereocenters. The number of methoxy groups -OCH3 is 1. The zero-order chi connectivity index (χ0) is 15.4. The third-order valence-electron chi connectivity index (χ3n) is 3.24. The summed E-state index contributed by atoms with van der Waals surface area (Å²) >= 11 is 0. The SMILES string of the molecule is COC(=O)C1CCN(C(=O)Nc2ccc(C(=O)O)nc2)C1. The number of hydrogen-bond acceptors (Lipinski definition) is 5. The van der Waals surface area contributed by atoms with Crippen molar-refractivity contribution in [1.29, 1.82) is 0 Å². The van der Waals surface area contributed by atoms with Gasteiger partial charge in [-0.1, -0.05) is 0 Å². The predicted octanol–water partition coefficient (Wildman–Crippen LogP) is 0.807. The normalized spacial score (nSPS) is 17.4. The summed E-state index contributed by atoms with van der Waals surface area (Å²) in [5.41, 5.74) is 0.298. The number of hydrogen-bond donors (Lipinski definition) is 2. The number of urea groups is 1. The highest BCUT2D eigenvalue weighted by Crippen LogP contribution is 2.18. The van der Waals surface area contributed by atoms with Crippen LogP contribution < -0.4 is 5.32 Å². The Balaban J connectivity index is 1.93. The lowest BCUT2D eigenvalue weighted by molar-refractivity contribution is -0.144. The maximum atomic E-state index is 12.0. The van der Waals surface area contributed by atoms with Crippen LogP contribution in [0.4, 0.5) is 10.5 Å². The van der Waals surface area contributed by atoms with Crippen molar-refractivity contribution in [2.75, 3.05) is 25.5 Å². The zero-order valence-corrected chi connectivity index (χ0v) is 11.4. The maximum Gasteiger partial charge on any atom is 0.354 e. The van der Waals surface area contributed by atoms with E-state index in [0.717, 1.165) is 0 Å². The second-order valence-electron chi connectivity index (χ2n) is 4.62. The highest BCUT2D eigenvalue weighted by atomic mass is 16.5. The van der Waals surface area contributed by atoms with E-state index in [-0.39, 0.29) is 23.6 Å². The number of carbonyl (C=O) groups excluding carboxylic acids is 2. The number of carboxylic acid groups (broad SMARTS) is 1. The fraction of sp³-hybridized carbons (Fsp3) is 0.385. The fourth-order valence-corrected chi connectivity index (χ4v) is 2.10. The molecule has 1 aliphatic rings. The van der Waals surface area contributed by atoms with E-state index in [1.54, 1.807) is 0 Å². The first-order valence-corrected chi connectivity index (χ1v) is 6.34. The summed E-state index contributed by atoms with van der Waals surface area (Å²) in [5, 5.41) is 11.3. The van der Waals surface area contributed by atoms with Gasteiger partial charge in [0.2, 0.25) is 0 Å². The molecule has 0 saturated carbocycles. The number of carboxylic acids is 1. The molecule has 0 aliphatic carbocycles. The number of aromatic carboxylic acids is 1. The van der Waals surface area contributed by atoms with Crippen molar-refractivity contribution in [3.63, 3.8) is 0 Å². The van der Waals surface area contributed by atoms with Crippen LogP contribution in [0.2, 0.25) is 0 Å². The number of amides is 2. The molecule has 1 saturated heterocycles. The molecule has 0 radical (unpaired) electrons. The summed E-state index contributed by atoms with van der Waals surface area (Å²) in [6.45, 7) is 0.769. The molecule has 1 atom stereocenters. The fourth-order valence-electron chi connectivity index (χ4n) is 2.10. The number of pyridine rings is 1. The average Bonchev–Trinajstić information content (AvgIpc) is 2.97. The van der Waals surface area contributed by atoms with E-state index in [1.807, 2.05) is 0 Å². The van der Waals surface area contributed by atoms with Crippen molar-refractivity contribution in [2.24, 2.45) is 5.92 Å². The van der Waals surface area contributed by atoms with E-state index in [1.165, 1.54) is 30.3 Å². The molecule has 2 heterocycles. The van der Waals surface area contributed by atoms with Crippen LogP contribution in [-0.4, -0.2) is 53.2 Å². The molecule has 8 nitrogen and oxygen atoms in total. The second-order valence-corrected chi connectivity index (χ2v) is 4.62. The number of aromatic nitrogens is 1. The Kier molecular flexibility index (Phi) is 4.36. The van der Waals surface area contributed by atoms with Gasteiger partial charge in [0.1, 0.15) is 5.69 Å². The number of likely N-dealkylation sites (tertiary alicyclic amines) is 1. The molecule has 21 heavy (non-hydrogen) atoms. The number of anilines is 1. The van der Waals surface area contributed by atoms with Gasteiger partial charge in [-0.05, 0) is 18.6 Å². The summed E-state index contributed by atoms with van der Waals surface area (Å²) in [5.74, 6) is -1.75. The minimum atomic E-state index is -1.13. The largest absolute Gasteiger partial charge is 0.477 e. The summed E-state index contributed by atoms with van der Waals surface area (Å²) in [4.78, 5) is 39.3. The number of ether oxygens (including phenoxy) is 1. The van der Waals surface area contributed by atoms with E-state index >= 15 is 0 Å². The first-order chi connectivity index (χ1) is 10.0. The summed E-state index contributed by atoms with van der Waals surface area (Å²) < 4.78 is 4.65. The average molecular weight is 293 g/mol. The van der Waals surface area contributed by atoms with Crippen LogP contribution in [0.5, 0.6) is 0 Å². The van der Waals surface area contributed by atoms with E-state index in [0.29, 0.717) is 25.2 Å². The number of esters is 1. The molecule has 1 aromatic rings. The van der Waals surface area contributed by atoms with E-state index in [2.05, 4.69) is 15.0 Å². The van der Waals surface area contributed by atoms with Crippen LogP contribution in [0.3, 0.4) is 0 Å². The van der Waals surface area contributed by atoms with Gasteiger partial charge < -0.3 is 20.1 Å². The number of nitrogens with zero attached hydrogens (tertiary/aromatic N) is 2. The van der Waals surface area contributed by atoms with Gasteiger partial charge in [-0.25, -0.2) is 14.6 Å². The van der Waals surface area contributed by atoms with Crippen molar-refractivity contribution < 1.29 is 24.2 Å². The third-order valence-corrected chi connectivity index (χ3v) is 3.24. The Morgan fingerprint density at radius 1 is 1.43 bits per heavy atom. The Labute approximate surface area is 120 Å². The molecule has 112 valence electrons. The molecule has 0 bridgehead atoms. The zero-order valence-electron chi connectivity index (χ0n) is 11.4. The maximum absolute atomic E-state index is 12.0. The number of rotatable bonds is 3. The Hall–Kier alpha value is -2.64. The Bertz CT molecular complexity index is 557. The predicted molar refractivity (Wildman–Crippen MR) is 71.9 cm³/mol. The van der Waals surface area contributed by atoms with Gasteiger partial charge in [0.15, 0.2) is 0 Å². The molecule has 8 heteroatoms. The monoisotopic (exact) mass is 293 g/mol. The molecular weight excluding hydrogens is 278 g/mol. The topological polar surface area (TPSA) is 109 Å². The van der Waals surface area contributed by atoms with Crippen LogP contribution >= 0.6 is 0 Å². The van der Waals surface area contributed by atoms with Gasteiger partial charge in [0.25, 0.3) is 0 Å². The van der Waals surface area contributed by atoms with Crippen LogP contribution in [0.15, 0.2) is 18.3 Å². The highest BCUT2D eigenvalue weighted by Gasteiger charge is 2.31. The molecule has 0 aromatic carbocycles. The van der Waals surface area contributed by atoms with E-state index in [9.17, 15) is 14.4 Å². The van der Waals surface area contributed by atoms with Gasteiger partial charge >= 0.3 is 18.0 Å². The van der Waals surface area contributed by atoms with E-state index < -0.39 is 5.97 Å². The van der Waals surface area contributed by atoms with Crippen LogP contribution in [0, 0.1) is 5.92 Å². The standard InChI is InChI=1S/C13H15N3O5/c1-21-12(19)8-4-5-16(7-8)13(20)15-9-2-3-10(11(17)18)14-6-9/h2-3,6,8H,4-5,7H2,1H3,(H,15,20)(H,17,18). The molecule has 1 aliphatic heterocycles. The Morgan fingerprint density at radius 3 is 2.76 bits per heavy atom. The molecular formula is C13H15N3O5. The van der Waals surface area contributed by atoms with Crippen LogP contribution in [-0.2, 0) is 9.53 Å². The first-order valence-electron chi connectivity index (χ1n) is 6.34. The van der Waals surface area contributed by atoms with Crippen molar-refractivity contribution in [3.05, 3.63) is 24.0 Å². The van der Waals surface area contributed by atoms with Crippen molar-refractivity contribution in [3.8, 4) is 0 Å². The smallest absolute Gasteiger partial charge is 0.354 e. The minimum absolute atomic E-state index is 0.0973. The van der Waals surface area contributed by atoms with E-state index in [4.69, 9.17) is 5.11 Å². The lowest BCUT2D eigenvalue weighted by Gasteiger charge is -2.16. The van der Waals surface area contributed by atoms with Gasteiger partial charge in [-0.15, -0.1) is 0 Å². The number of nitrogens with one attached hydrogen (secondary N) is 1. The van der Waals surface area contributed by atoms with Crippen molar-refractivity contribution in [1.82, 2.24) is 9.88 Å². The molecule has 0 spiro atoms. The summed E-state index contributed by atoms with van der Waals surface area (Å²) in [7, 11) is 1.32. The quantitative estimate of drug-likeness (QED) is 0.798. The molecule has 1 aromatic heterocycles.